The Morgan fingerprint density at radius 1 is 0.367 bits per heavy atom. The maximum atomic E-state index is 5.24. The van der Waals surface area contributed by atoms with Crippen LogP contribution in [-0.4, -0.2) is 19.5 Å². The van der Waals surface area contributed by atoms with Crippen LogP contribution in [0.5, 0.6) is 0 Å². The Labute approximate surface area is 348 Å². The summed E-state index contributed by atoms with van der Waals surface area (Å²) in [6.07, 6.45) is 0. The molecule has 0 fully saturated rings. The Kier molecular flexibility index (Phi) is 7.54. The predicted octanol–water partition coefficient (Wildman–Crippen LogP) is 14.2. The Hall–Kier alpha value is -7.69. The lowest BCUT2D eigenvalue weighted by Gasteiger charge is -2.23. The van der Waals surface area contributed by atoms with Crippen LogP contribution in [0.1, 0.15) is 25.0 Å². The summed E-state index contributed by atoms with van der Waals surface area (Å²) < 4.78 is 2.52. The molecule has 0 radical (unpaired) electrons. The van der Waals surface area contributed by atoms with Crippen molar-refractivity contribution in [1.29, 1.82) is 0 Å². The zero-order valence-corrected chi connectivity index (χ0v) is 33.3. The van der Waals surface area contributed by atoms with Gasteiger partial charge in [0.1, 0.15) is 0 Å². The van der Waals surface area contributed by atoms with Gasteiger partial charge in [-0.25, -0.2) is 15.0 Å². The van der Waals surface area contributed by atoms with Gasteiger partial charge in [0, 0.05) is 43.8 Å². The summed E-state index contributed by atoms with van der Waals surface area (Å²) in [4.78, 5) is 15.5. The largest absolute Gasteiger partial charge is 0.308 e. The number of rotatable bonds is 5. The zero-order valence-electron chi connectivity index (χ0n) is 33.3. The van der Waals surface area contributed by atoms with Crippen LogP contribution in [0.2, 0.25) is 0 Å². The van der Waals surface area contributed by atoms with Crippen molar-refractivity contribution in [2.24, 2.45) is 0 Å². The Bertz CT molecular complexity index is 3440. The van der Waals surface area contributed by atoms with E-state index in [0.29, 0.717) is 17.5 Å². The van der Waals surface area contributed by atoms with Gasteiger partial charge >= 0.3 is 0 Å². The van der Waals surface area contributed by atoms with Crippen molar-refractivity contribution in [1.82, 2.24) is 19.5 Å². The number of para-hydroxylation sites is 1. The van der Waals surface area contributed by atoms with Gasteiger partial charge in [0.05, 0.1) is 16.7 Å². The molecule has 60 heavy (non-hydrogen) atoms. The van der Waals surface area contributed by atoms with Gasteiger partial charge in [-0.15, -0.1) is 0 Å². The van der Waals surface area contributed by atoms with E-state index in [1.165, 1.54) is 54.8 Å². The normalized spacial score (nSPS) is 13.0. The third-order valence-corrected chi connectivity index (χ3v) is 12.6. The van der Waals surface area contributed by atoms with Gasteiger partial charge in [-0.05, 0) is 68.2 Å². The highest BCUT2D eigenvalue weighted by Gasteiger charge is 2.37. The first-order chi connectivity index (χ1) is 29.5. The molecule has 4 heteroatoms. The Morgan fingerprint density at radius 2 is 0.917 bits per heavy atom. The van der Waals surface area contributed by atoms with E-state index in [9.17, 15) is 0 Å². The van der Waals surface area contributed by atoms with Gasteiger partial charge in [-0.1, -0.05) is 184 Å². The molecule has 0 saturated carbocycles. The molecule has 0 spiro atoms. The van der Waals surface area contributed by atoms with E-state index in [1.54, 1.807) is 0 Å². The first-order valence-electron chi connectivity index (χ1n) is 20.6. The molecule has 0 N–H and O–H groups in total. The summed E-state index contributed by atoms with van der Waals surface area (Å²) in [7, 11) is 0. The minimum atomic E-state index is -0.191. The molecule has 11 aromatic rings. The molecule has 2 aromatic heterocycles. The molecule has 1 aliphatic carbocycles. The van der Waals surface area contributed by atoms with Crippen molar-refractivity contribution >= 4 is 43.4 Å². The highest BCUT2D eigenvalue weighted by atomic mass is 15.0. The van der Waals surface area contributed by atoms with Crippen LogP contribution in [0.4, 0.5) is 0 Å². The van der Waals surface area contributed by atoms with E-state index in [2.05, 4.69) is 176 Å². The third-order valence-electron chi connectivity index (χ3n) is 12.6. The molecule has 0 bridgehead atoms. The van der Waals surface area contributed by atoms with Crippen molar-refractivity contribution < 1.29 is 0 Å². The van der Waals surface area contributed by atoms with Crippen LogP contribution < -0.4 is 0 Å². The average Bonchev–Trinajstić information content (AvgIpc) is 3.75. The van der Waals surface area contributed by atoms with E-state index in [-0.39, 0.29) is 5.41 Å². The topological polar surface area (TPSA) is 43.6 Å². The molecular weight excluding hydrogens is 729 g/mol. The van der Waals surface area contributed by atoms with Crippen molar-refractivity contribution in [2.75, 3.05) is 0 Å². The van der Waals surface area contributed by atoms with E-state index in [4.69, 9.17) is 15.0 Å². The summed E-state index contributed by atoms with van der Waals surface area (Å²) in [5.41, 5.74) is 13.8. The minimum absolute atomic E-state index is 0.191. The van der Waals surface area contributed by atoms with Crippen LogP contribution >= 0.6 is 0 Å². The molecule has 0 saturated heterocycles. The predicted molar refractivity (Wildman–Crippen MR) is 248 cm³/mol. The van der Waals surface area contributed by atoms with Crippen molar-refractivity contribution in [2.45, 2.75) is 19.3 Å². The first-order valence-corrected chi connectivity index (χ1v) is 20.6. The molecular formula is C56H38N4. The molecule has 0 aliphatic heterocycles. The smallest absolute Gasteiger partial charge is 0.164 e. The molecule has 282 valence electrons. The van der Waals surface area contributed by atoms with E-state index >= 15 is 0 Å². The maximum Gasteiger partial charge on any atom is 0.164 e. The highest BCUT2D eigenvalue weighted by Crippen LogP contribution is 2.54. The fraction of sp³-hybridized carbons (Fsp3) is 0.0536. The number of aromatic nitrogens is 4. The standard InChI is InChI=1S/C56H38N4/c1-56(2)47-31-30-36-20-12-13-25-39(36)51(47)46-33-44-41-27-16-17-29-49(41)60(50(44)34-48(46)56)52-42-28-15-14-26-40(42)45(32-43(52)35-18-6-3-7-19-35)55-58-53(37-21-8-4-9-22-37)57-54(59-55)38-23-10-5-11-24-38/h3-34H,1-2H3. The molecule has 0 atom stereocenters. The minimum Gasteiger partial charge on any atom is -0.308 e. The highest BCUT2D eigenvalue weighted by molar-refractivity contribution is 6.16. The lowest BCUT2D eigenvalue weighted by Crippen LogP contribution is -2.15. The summed E-state index contributed by atoms with van der Waals surface area (Å²) in [6.45, 7) is 4.76. The number of fused-ring (bicyclic) bond motifs is 9. The summed E-state index contributed by atoms with van der Waals surface area (Å²) >= 11 is 0. The second-order valence-electron chi connectivity index (χ2n) is 16.4. The van der Waals surface area contributed by atoms with Crippen molar-refractivity contribution in [3.63, 3.8) is 0 Å². The van der Waals surface area contributed by atoms with Gasteiger partial charge in [-0.2, -0.15) is 0 Å². The number of hydrogen-bond acceptors (Lipinski definition) is 3. The van der Waals surface area contributed by atoms with E-state index in [1.807, 2.05) is 36.4 Å². The second-order valence-corrected chi connectivity index (χ2v) is 16.4. The summed E-state index contributed by atoms with van der Waals surface area (Å²) in [5.74, 6) is 1.91. The van der Waals surface area contributed by atoms with Crippen LogP contribution in [0.3, 0.4) is 0 Å². The SMILES string of the molecule is CC1(C)c2cc3c(cc2-c2c1ccc1ccccc21)c1ccccc1n3-c1c(-c2ccccc2)cc(-c2nc(-c3ccccc3)nc(-c3ccccc3)n2)c2ccccc12. The summed E-state index contributed by atoms with van der Waals surface area (Å²) in [5, 5.41) is 7.24. The first kappa shape index (κ1) is 34.4. The lowest BCUT2D eigenvalue weighted by molar-refractivity contribution is 0.661. The van der Waals surface area contributed by atoms with Crippen LogP contribution in [0, 0.1) is 0 Å². The molecule has 2 heterocycles. The molecule has 1 aliphatic rings. The number of hydrogen-bond donors (Lipinski definition) is 0. The van der Waals surface area contributed by atoms with Gasteiger partial charge in [0.15, 0.2) is 17.5 Å². The quantitative estimate of drug-likeness (QED) is 0.175. The van der Waals surface area contributed by atoms with E-state index in [0.717, 1.165) is 44.3 Å². The van der Waals surface area contributed by atoms with Crippen molar-refractivity contribution in [3.05, 3.63) is 205 Å². The van der Waals surface area contributed by atoms with Crippen LogP contribution in [-0.2, 0) is 5.41 Å². The molecule has 4 nitrogen and oxygen atoms in total. The van der Waals surface area contributed by atoms with Gasteiger partial charge in [0.2, 0.25) is 0 Å². The average molecular weight is 767 g/mol. The van der Waals surface area contributed by atoms with Crippen molar-refractivity contribution in [3.8, 4) is 62.1 Å². The van der Waals surface area contributed by atoms with Crippen LogP contribution in [0.15, 0.2) is 194 Å². The third kappa shape index (κ3) is 5.14. The Balaban J connectivity index is 1.18. The van der Waals surface area contributed by atoms with Crippen LogP contribution in [0.25, 0.3) is 105 Å². The molecule has 9 aromatic carbocycles. The maximum absolute atomic E-state index is 5.24. The fourth-order valence-electron chi connectivity index (χ4n) is 9.76. The van der Waals surface area contributed by atoms with Gasteiger partial charge < -0.3 is 4.57 Å². The fourth-order valence-corrected chi connectivity index (χ4v) is 9.76. The molecule has 0 unspecified atom stereocenters. The Morgan fingerprint density at radius 3 is 1.60 bits per heavy atom. The van der Waals surface area contributed by atoms with Gasteiger partial charge in [-0.3, -0.25) is 0 Å². The number of nitrogens with zero attached hydrogens (tertiary/aromatic N) is 4. The molecule has 0 amide bonds. The lowest BCUT2D eigenvalue weighted by atomic mass is 9.82. The molecule has 12 rings (SSSR count). The second kappa shape index (κ2) is 13.2. The van der Waals surface area contributed by atoms with E-state index < -0.39 is 0 Å². The zero-order chi connectivity index (χ0) is 40.0. The number of benzene rings is 9. The monoisotopic (exact) mass is 766 g/mol. The van der Waals surface area contributed by atoms with Gasteiger partial charge in [0.25, 0.3) is 0 Å². The summed E-state index contributed by atoms with van der Waals surface area (Å²) in [6, 6.07) is 69.5.